The molecule has 0 fully saturated rings. The van der Waals surface area contributed by atoms with E-state index in [0.29, 0.717) is 22.0 Å². The molecule has 2 amide bonds. The lowest BCUT2D eigenvalue weighted by atomic mass is 10.1. The van der Waals surface area contributed by atoms with Crippen LogP contribution in [0.4, 0.5) is 11.4 Å². The van der Waals surface area contributed by atoms with Gasteiger partial charge < -0.3 is 10.6 Å². The van der Waals surface area contributed by atoms with Gasteiger partial charge in [0.25, 0.3) is 11.8 Å². The number of benzene rings is 2. The summed E-state index contributed by atoms with van der Waals surface area (Å²) in [5, 5.41) is 6.04. The van der Waals surface area contributed by atoms with Gasteiger partial charge in [-0.3, -0.25) is 14.6 Å². The Balaban J connectivity index is 1.71. The van der Waals surface area contributed by atoms with E-state index in [1.807, 2.05) is 24.3 Å². The second-order valence-electron chi connectivity index (χ2n) is 5.90. The third kappa shape index (κ3) is 4.92. The molecule has 1 heterocycles. The first-order valence-electron chi connectivity index (χ1n) is 8.48. The molecule has 0 bridgehead atoms. The van der Waals surface area contributed by atoms with E-state index in [0.717, 1.165) is 6.42 Å². The van der Waals surface area contributed by atoms with Crippen molar-refractivity contribution in [2.75, 3.05) is 10.6 Å². The Morgan fingerprint density at radius 3 is 2.37 bits per heavy atom. The van der Waals surface area contributed by atoms with Crippen LogP contribution in [-0.2, 0) is 6.42 Å². The largest absolute Gasteiger partial charge is 0.322 e. The number of aryl methyl sites for hydroxylation is 1. The van der Waals surface area contributed by atoms with Crippen molar-refractivity contribution >= 4 is 34.8 Å². The molecule has 0 saturated carbocycles. The van der Waals surface area contributed by atoms with E-state index in [1.165, 1.54) is 17.8 Å². The lowest BCUT2D eigenvalue weighted by molar-refractivity contribution is 0.102. The first-order valence-corrected chi connectivity index (χ1v) is 8.86. The summed E-state index contributed by atoms with van der Waals surface area (Å²) in [7, 11) is 0. The Bertz CT molecular complexity index is 971. The molecule has 136 valence electrons. The van der Waals surface area contributed by atoms with Crippen LogP contribution in [0, 0.1) is 0 Å². The van der Waals surface area contributed by atoms with E-state index in [2.05, 4.69) is 22.5 Å². The van der Waals surface area contributed by atoms with E-state index in [1.54, 1.807) is 30.3 Å². The molecule has 27 heavy (non-hydrogen) atoms. The fourth-order valence-electron chi connectivity index (χ4n) is 2.48. The van der Waals surface area contributed by atoms with Gasteiger partial charge in [0.05, 0.1) is 0 Å². The van der Waals surface area contributed by atoms with E-state index >= 15 is 0 Å². The van der Waals surface area contributed by atoms with Crippen LogP contribution in [0.5, 0.6) is 0 Å². The predicted octanol–water partition coefficient (Wildman–Crippen LogP) is 4.80. The molecule has 2 N–H and O–H groups in total. The molecular formula is C21H18ClN3O2. The SMILES string of the molecule is CCc1ccc(NC(=O)c2ccnc(C(=O)Nc3cccc(Cl)c3)c2)cc1. The van der Waals surface area contributed by atoms with Crippen molar-refractivity contribution in [3.05, 3.63) is 88.7 Å². The zero-order chi connectivity index (χ0) is 19.2. The van der Waals surface area contributed by atoms with Crippen LogP contribution < -0.4 is 10.6 Å². The summed E-state index contributed by atoms with van der Waals surface area (Å²) in [5.41, 5.74) is 2.93. The number of carbonyl (C=O) groups is 2. The second-order valence-corrected chi connectivity index (χ2v) is 6.34. The first kappa shape index (κ1) is 18.6. The molecule has 6 heteroatoms. The Kier molecular flexibility index (Phi) is 5.84. The monoisotopic (exact) mass is 379 g/mol. The van der Waals surface area contributed by atoms with Crippen LogP contribution in [0.2, 0.25) is 5.02 Å². The Morgan fingerprint density at radius 2 is 1.67 bits per heavy atom. The fourth-order valence-corrected chi connectivity index (χ4v) is 2.67. The number of nitrogens with one attached hydrogen (secondary N) is 2. The van der Waals surface area contributed by atoms with Crippen LogP contribution in [0.3, 0.4) is 0 Å². The van der Waals surface area contributed by atoms with Crippen molar-refractivity contribution in [3.8, 4) is 0 Å². The smallest absolute Gasteiger partial charge is 0.274 e. The normalized spacial score (nSPS) is 10.3. The van der Waals surface area contributed by atoms with Crippen molar-refractivity contribution in [1.82, 2.24) is 4.98 Å². The van der Waals surface area contributed by atoms with Crippen molar-refractivity contribution in [1.29, 1.82) is 0 Å². The summed E-state index contributed by atoms with van der Waals surface area (Å²) in [6.45, 7) is 2.07. The molecule has 3 rings (SSSR count). The van der Waals surface area contributed by atoms with E-state index in [9.17, 15) is 9.59 Å². The average molecular weight is 380 g/mol. The zero-order valence-corrected chi connectivity index (χ0v) is 15.5. The quantitative estimate of drug-likeness (QED) is 0.668. The highest BCUT2D eigenvalue weighted by atomic mass is 35.5. The number of halogens is 1. The van der Waals surface area contributed by atoms with Crippen LogP contribution in [-0.4, -0.2) is 16.8 Å². The average Bonchev–Trinajstić information content (AvgIpc) is 2.68. The number of anilines is 2. The van der Waals surface area contributed by atoms with Gasteiger partial charge in [-0.05, 0) is 54.4 Å². The summed E-state index contributed by atoms with van der Waals surface area (Å²) in [6, 6.07) is 17.5. The Morgan fingerprint density at radius 1 is 0.926 bits per heavy atom. The van der Waals surface area contributed by atoms with E-state index < -0.39 is 5.91 Å². The van der Waals surface area contributed by atoms with Gasteiger partial charge in [0, 0.05) is 28.2 Å². The molecule has 0 aliphatic rings. The van der Waals surface area contributed by atoms with Gasteiger partial charge in [-0.2, -0.15) is 0 Å². The molecule has 0 radical (unpaired) electrons. The van der Waals surface area contributed by atoms with Gasteiger partial charge in [0.1, 0.15) is 5.69 Å². The number of pyridine rings is 1. The number of hydrogen-bond acceptors (Lipinski definition) is 3. The van der Waals surface area contributed by atoms with Crippen molar-refractivity contribution in [2.45, 2.75) is 13.3 Å². The van der Waals surface area contributed by atoms with Crippen LogP contribution in [0.15, 0.2) is 66.9 Å². The summed E-state index contributed by atoms with van der Waals surface area (Å²) >= 11 is 5.92. The lowest BCUT2D eigenvalue weighted by Crippen LogP contribution is -2.17. The fraction of sp³-hybridized carbons (Fsp3) is 0.0952. The van der Waals surface area contributed by atoms with Crippen LogP contribution in [0.25, 0.3) is 0 Å². The standard InChI is InChI=1S/C21H18ClN3O2/c1-2-14-6-8-17(9-7-14)24-20(26)15-10-11-23-19(12-15)21(27)25-18-5-3-4-16(22)13-18/h3-13H,2H2,1H3,(H,24,26)(H,25,27). The first-order chi connectivity index (χ1) is 13.0. The molecule has 0 atom stereocenters. The van der Waals surface area contributed by atoms with Crippen molar-refractivity contribution in [3.63, 3.8) is 0 Å². The third-order valence-corrected chi connectivity index (χ3v) is 4.19. The number of aromatic nitrogens is 1. The summed E-state index contributed by atoms with van der Waals surface area (Å²) in [4.78, 5) is 28.9. The van der Waals surface area contributed by atoms with Crippen LogP contribution in [0.1, 0.15) is 33.3 Å². The van der Waals surface area contributed by atoms with Gasteiger partial charge in [0.15, 0.2) is 0 Å². The zero-order valence-electron chi connectivity index (χ0n) is 14.7. The highest BCUT2D eigenvalue weighted by Crippen LogP contribution is 2.16. The summed E-state index contributed by atoms with van der Waals surface area (Å²) in [5.74, 6) is -0.724. The second kappa shape index (κ2) is 8.47. The molecule has 0 unspecified atom stereocenters. The molecule has 0 saturated heterocycles. The molecular weight excluding hydrogens is 362 g/mol. The maximum Gasteiger partial charge on any atom is 0.274 e. The van der Waals surface area contributed by atoms with Crippen LogP contribution >= 0.6 is 11.6 Å². The molecule has 0 aliphatic heterocycles. The number of rotatable bonds is 5. The van der Waals surface area contributed by atoms with Gasteiger partial charge in [-0.25, -0.2) is 0 Å². The highest BCUT2D eigenvalue weighted by Gasteiger charge is 2.12. The highest BCUT2D eigenvalue weighted by molar-refractivity contribution is 6.31. The predicted molar refractivity (Wildman–Crippen MR) is 107 cm³/mol. The van der Waals surface area contributed by atoms with Gasteiger partial charge in [0.2, 0.25) is 0 Å². The maximum absolute atomic E-state index is 12.5. The number of hydrogen-bond donors (Lipinski definition) is 2. The molecule has 5 nitrogen and oxygen atoms in total. The molecule has 3 aromatic rings. The number of carbonyl (C=O) groups excluding carboxylic acids is 2. The molecule has 0 aliphatic carbocycles. The molecule has 0 spiro atoms. The number of nitrogens with zero attached hydrogens (tertiary/aromatic N) is 1. The van der Waals surface area contributed by atoms with E-state index in [-0.39, 0.29) is 11.6 Å². The van der Waals surface area contributed by atoms with Crippen molar-refractivity contribution < 1.29 is 9.59 Å². The molecule has 2 aromatic carbocycles. The minimum atomic E-state index is -0.417. The molecule has 1 aromatic heterocycles. The topological polar surface area (TPSA) is 71.1 Å². The summed E-state index contributed by atoms with van der Waals surface area (Å²) < 4.78 is 0. The van der Waals surface area contributed by atoms with E-state index in [4.69, 9.17) is 11.6 Å². The Labute approximate surface area is 162 Å². The van der Waals surface area contributed by atoms with Gasteiger partial charge in [-0.1, -0.05) is 36.7 Å². The number of amides is 2. The van der Waals surface area contributed by atoms with Gasteiger partial charge >= 0.3 is 0 Å². The Hall–Kier alpha value is -3.18. The minimum Gasteiger partial charge on any atom is -0.322 e. The minimum absolute atomic E-state index is 0.143. The van der Waals surface area contributed by atoms with Gasteiger partial charge in [-0.15, -0.1) is 0 Å². The lowest BCUT2D eigenvalue weighted by Gasteiger charge is -2.08. The third-order valence-electron chi connectivity index (χ3n) is 3.96. The summed E-state index contributed by atoms with van der Waals surface area (Å²) in [6.07, 6.45) is 2.37. The maximum atomic E-state index is 12.5. The van der Waals surface area contributed by atoms with Crippen molar-refractivity contribution in [2.24, 2.45) is 0 Å².